The molecular formula is C17H27FN2. The number of halogens is 1. The molecule has 2 nitrogen and oxygen atoms in total. The zero-order valence-corrected chi connectivity index (χ0v) is 12.8. The molecule has 1 heterocycles. The minimum Gasteiger partial charge on any atom is -0.371 e. The first kappa shape index (κ1) is 15.3. The summed E-state index contributed by atoms with van der Waals surface area (Å²) in [4.78, 5) is 2.37. The van der Waals surface area contributed by atoms with E-state index in [2.05, 4.69) is 30.1 Å². The van der Waals surface area contributed by atoms with Gasteiger partial charge in [-0.25, -0.2) is 4.39 Å². The Morgan fingerprint density at radius 2 is 2.15 bits per heavy atom. The van der Waals surface area contributed by atoms with Crippen molar-refractivity contribution < 1.29 is 4.39 Å². The van der Waals surface area contributed by atoms with E-state index in [1.54, 1.807) is 6.07 Å². The van der Waals surface area contributed by atoms with Crippen LogP contribution in [-0.2, 0) is 6.54 Å². The Bertz CT molecular complexity index is 419. The maximum atomic E-state index is 14.1. The summed E-state index contributed by atoms with van der Waals surface area (Å²) in [6.07, 6.45) is 4.78. The van der Waals surface area contributed by atoms with Crippen LogP contribution in [0.2, 0.25) is 0 Å². The average molecular weight is 278 g/mol. The van der Waals surface area contributed by atoms with Gasteiger partial charge in [0, 0.05) is 30.9 Å². The minimum absolute atomic E-state index is 0.0802. The Morgan fingerprint density at radius 3 is 2.95 bits per heavy atom. The van der Waals surface area contributed by atoms with Crippen molar-refractivity contribution in [2.45, 2.75) is 46.1 Å². The van der Waals surface area contributed by atoms with Crippen molar-refractivity contribution in [1.29, 1.82) is 0 Å². The van der Waals surface area contributed by atoms with Crippen LogP contribution >= 0.6 is 0 Å². The van der Waals surface area contributed by atoms with Crippen molar-refractivity contribution in [3.8, 4) is 0 Å². The summed E-state index contributed by atoms with van der Waals surface area (Å²) in [5.74, 6) is 0.707. The number of rotatable bonds is 5. The number of hydrogen-bond acceptors (Lipinski definition) is 2. The summed E-state index contributed by atoms with van der Waals surface area (Å²) in [5.41, 5.74) is 1.92. The largest absolute Gasteiger partial charge is 0.371 e. The zero-order chi connectivity index (χ0) is 14.4. The van der Waals surface area contributed by atoms with Gasteiger partial charge in [-0.15, -0.1) is 0 Å². The molecule has 1 N–H and O–H groups in total. The van der Waals surface area contributed by atoms with E-state index in [9.17, 15) is 4.39 Å². The molecule has 1 aromatic rings. The fraction of sp³-hybridized carbons (Fsp3) is 0.647. The smallest absolute Gasteiger partial charge is 0.129 e. The highest BCUT2D eigenvalue weighted by Crippen LogP contribution is 2.27. The molecule has 0 aliphatic carbocycles. The lowest BCUT2D eigenvalue weighted by atomic mass is 10.0. The van der Waals surface area contributed by atoms with Crippen LogP contribution in [0.15, 0.2) is 18.2 Å². The molecular weight excluding hydrogens is 251 g/mol. The van der Waals surface area contributed by atoms with Crippen LogP contribution in [0.3, 0.4) is 0 Å². The molecule has 2 rings (SSSR count). The van der Waals surface area contributed by atoms with E-state index in [4.69, 9.17) is 0 Å². The summed E-state index contributed by atoms with van der Waals surface area (Å²) < 4.78 is 14.1. The number of benzene rings is 1. The predicted molar refractivity (Wildman–Crippen MR) is 83.6 cm³/mol. The van der Waals surface area contributed by atoms with Gasteiger partial charge >= 0.3 is 0 Å². The van der Waals surface area contributed by atoms with Gasteiger partial charge in [0.15, 0.2) is 0 Å². The van der Waals surface area contributed by atoms with E-state index >= 15 is 0 Å². The van der Waals surface area contributed by atoms with Crippen molar-refractivity contribution in [2.75, 3.05) is 24.5 Å². The van der Waals surface area contributed by atoms with E-state index in [1.807, 2.05) is 6.07 Å². The normalized spacial score (nSPS) is 19.9. The van der Waals surface area contributed by atoms with E-state index < -0.39 is 0 Å². The lowest BCUT2D eigenvalue weighted by molar-refractivity contribution is 0.521. The Hall–Kier alpha value is -1.09. The van der Waals surface area contributed by atoms with Gasteiger partial charge in [-0.2, -0.15) is 0 Å². The third-order valence-corrected chi connectivity index (χ3v) is 4.18. The van der Waals surface area contributed by atoms with Gasteiger partial charge in [0.1, 0.15) is 5.82 Å². The molecule has 0 saturated carbocycles. The highest BCUT2D eigenvalue weighted by atomic mass is 19.1. The van der Waals surface area contributed by atoms with Gasteiger partial charge in [-0.05, 0) is 50.3 Å². The van der Waals surface area contributed by atoms with Crippen LogP contribution in [-0.4, -0.2) is 19.6 Å². The summed E-state index contributed by atoms with van der Waals surface area (Å²) in [7, 11) is 0. The number of nitrogens with zero attached hydrogens (tertiary/aromatic N) is 1. The molecule has 3 heteroatoms. The van der Waals surface area contributed by atoms with Crippen LogP contribution in [0.5, 0.6) is 0 Å². The fourth-order valence-corrected chi connectivity index (χ4v) is 2.91. The van der Waals surface area contributed by atoms with Crippen molar-refractivity contribution in [1.82, 2.24) is 5.32 Å². The summed E-state index contributed by atoms with van der Waals surface area (Å²) in [6, 6.07) is 5.48. The van der Waals surface area contributed by atoms with Gasteiger partial charge < -0.3 is 10.2 Å². The standard InChI is InChI=1S/C17H27FN2/c1-3-10-19-13-15-16(18)7-4-8-17(15)20-11-5-6-14(2)9-12-20/h4,7-8,14,19H,3,5-6,9-13H2,1-2H3. The molecule has 1 atom stereocenters. The molecule has 0 radical (unpaired) electrons. The van der Waals surface area contributed by atoms with Gasteiger partial charge in [-0.1, -0.05) is 19.9 Å². The molecule has 1 aromatic carbocycles. The molecule has 0 spiro atoms. The summed E-state index contributed by atoms with van der Waals surface area (Å²) >= 11 is 0. The second-order valence-electron chi connectivity index (χ2n) is 5.94. The molecule has 0 bridgehead atoms. The Kier molecular flexibility index (Phi) is 5.84. The van der Waals surface area contributed by atoms with E-state index in [1.165, 1.54) is 19.3 Å². The van der Waals surface area contributed by atoms with Gasteiger partial charge in [0.25, 0.3) is 0 Å². The third kappa shape index (κ3) is 3.95. The minimum atomic E-state index is -0.0802. The van der Waals surface area contributed by atoms with Crippen molar-refractivity contribution in [3.05, 3.63) is 29.6 Å². The fourth-order valence-electron chi connectivity index (χ4n) is 2.91. The monoisotopic (exact) mass is 278 g/mol. The van der Waals surface area contributed by atoms with Crippen LogP contribution in [0.25, 0.3) is 0 Å². The number of hydrogen-bond donors (Lipinski definition) is 1. The highest BCUT2D eigenvalue weighted by Gasteiger charge is 2.18. The summed E-state index contributed by atoms with van der Waals surface area (Å²) in [5, 5.41) is 3.33. The lowest BCUT2D eigenvalue weighted by Gasteiger charge is -2.26. The Labute approximate surface area is 122 Å². The maximum absolute atomic E-state index is 14.1. The van der Waals surface area contributed by atoms with Crippen LogP contribution in [0.1, 0.15) is 45.1 Å². The molecule has 1 aliphatic heterocycles. The molecule has 1 aliphatic rings. The first-order chi connectivity index (χ1) is 9.72. The first-order valence-electron chi connectivity index (χ1n) is 7.95. The SMILES string of the molecule is CCCNCc1c(F)cccc1N1CCCC(C)CC1. The Morgan fingerprint density at radius 1 is 1.30 bits per heavy atom. The van der Waals surface area contributed by atoms with Crippen molar-refractivity contribution in [2.24, 2.45) is 5.92 Å². The van der Waals surface area contributed by atoms with E-state index in [-0.39, 0.29) is 5.82 Å². The second-order valence-corrected chi connectivity index (χ2v) is 5.94. The molecule has 20 heavy (non-hydrogen) atoms. The van der Waals surface area contributed by atoms with Crippen LogP contribution < -0.4 is 10.2 Å². The molecule has 0 aromatic heterocycles. The second kappa shape index (κ2) is 7.63. The number of anilines is 1. The van der Waals surface area contributed by atoms with E-state index in [0.29, 0.717) is 6.54 Å². The van der Waals surface area contributed by atoms with Crippen molar-refractivity contribution >= 4 is 5.69 Å². The Balaban J connectivity index is 2.14. The van der Waals surface area contributed by atoms with Crippen molar-refractivity contribution in [3.63, 3.8) is 0 Å². The quantitative estimate of drug-likeness (QED) is 0.820. The number of nitrogens with one attached hydrogen (secondary N) is 1. The average Bonchev–Trinajstić information content (AvgIpc) is 2.65. The topological polar surface area (TPSA) is 15.3 Å². The molecule has 1 saturated heterocycles. The lowest BCUT2D eigenvalue weighted by Crippen LogP contribution is -2.27. The van der Waals surface area contributed by atoms with Gasteiger partial charge in [0.2, 0.25) is 0 Å². The summed E-state index contributed by atoms with van der Waals surface area (Å²) in [6.45, 7) is 8.11. The maximum Gasteiger partial charge on any atom is 0.129 e. The highest BCUT2D eigenvalue weighted by molar-refractivity contribution is 5.54. The molecule has 1 unspecified atom stereocenters. The zero-order valence-electron chi connectivity index (χ0n) is 12.8. The van der Waals surface area contributed by atoms with Gasteiger partial charge in [-0.3, -0.25) is 0 Å². The third-order valence-electron chi connectivity index (χ3n) is 4.18. The molecule has 112 valence electrons. The molecule has 1 fully saturated rings. The van der Waals surface area contributed by atoms with E-state index in [0.717, 1.165) is 43.2 Å². The van der Waals surface area contributed by atoms with Crippen LogP contribution in [0.4, 0.5) is 10.1 Å². The first-order valence-corrected chi connectivity index (χ1v) is 7.95. The van der Waals surface area contributed by atoms with Crippen LogP contribution in [0, 0.1) is 11.7 Å². The van der Waals surface area contributed by atoms with Gasteiger partial charge in [0.05, 0.1) is 0 Å². The molecule has 0 amide bonds. The predicted octanol–water partition coefficient (Wildman–Crippen LogP) is 3.95.